The summed E-state index contributed by atoms with van der Waals surface area (Å²) in [6.45, 7) is 3.72. The summed E-state index contributed by atoms with van der Waals surface area (Å²) >= 11 is 0. The van der Waals surface area contributed by atoms with E-state index in [4.69, 9.17) is 13.7 Å². The highest BCUT2D eigenvalue weighted by Gasteiger charge is 2.24. The monoisotopic (exact) mass is 286 g/mol. The standard InChI is InChI=1S/C15H14N2O4/c1-3-19-15(18)9(2)14-16-13(17-21-14)12-8-10-6-4-5-7-11(10)20-12/h4-9H,3H2,1-2H3. The van der Waals surface area contributed by atoms with E-state index in [0.717, 1.165) is 11.0 Å². The topological polar surface area (TPSA) is 78.4 Å². The van der Waals surface area contributed by atoms with E-state index < -0.39 is 11.9 Å². The smallest absolute Gasteiger partial charge is 0.318 e. The molecular formula is C15H14N2O4. The molecular weight excluding hydrogens is 272 g/mol. The van der Waals surface area contributed by atoms with Crippen LogP contribution >= 0.6 is 0 Å². The predicted molar refractivity (Wildman–Crippen MR) is 74.6 cm³/mol. The minimum atomic E-state index is -0.601. The van der Waals surface area contributed by atoms with Crippen molar-refractivity contribution in [3.63, 3.8) is 0 Å². The third-order valence-electron chi connectivity index (χ3n) is 3.10. The fourth-order valence-electron chi connectivity index (χ4n) is 1.97. The van der Waals surface area contributed by atoms with Crippen molar-refractivity contribution < 1.29 is 18.5 Å². The minimum Gasteiger partial charge on any atom is -0.465 e. The largest absolute Gasteiger partial charge is 0.465 e. The zero-order chi connectivity index (χ0) is 14.8. The molecule has 0 fully saturated rings. The third-order valence-corrected chi connectivity index (χ3v) is 3.10. The Labute approximate surface area is 120 Å². The first-order chi connectivity index (χ1) is 10.2. The van der Waals surface area contributed by atoms with Gasteiger partial charge in [0.05, 0.1) is 6.61 Å². The Hall–Kier alpha value is -2.63. The molecule has 3 rings (SSSR count). The summed E-state index contributed by atoms with van der Waals surface area (Å²) in [5, 5.41) is 4.81. The summed E-state index contributed by atoms with van der Waals surface area (Å²) in [4.78, 5) is 15.9. The van der Waals surface area contributed by atoms with E-state index in [1.807, 2.05) is 30.3 Å². The van der Waals surface area contributed by atoms with Crippen molar-refractivity contribution in [2.45, 2.75) is 19.8 Å². The number of hydrogen-bond donors (Lipinski definition) is 0. The fourth-order valence-corrected chi connectivity index (χ4v) is 1.97. The lowest BCUT2D eigenvalue weighted by atomic mass is 10.2. The fraction of sp³-hybridized carbons (Fsp3) is 0.267. The summed E-state index contributed by atoms with van der Waals surface area (Å²) in [7, 11) is 0. The first kappa shape index (κ1) is 13.4. The van der Waals surface area contributed by atoms with E-state index in [2.05, 4.69) is 10.1 Å². The van der Waals surface area contributed by atoms with Gasteiger partial charge in [0.1, 0.15) is 11.5 Å². The van der Waals surface area contributed by atoms with Crippen molar-refractivity contribution in [2.75, 3.05) is 6.61 Å². The number of nitrogens with zero attached hydrogens (tertiary/aromatic N) is 2. The summed E-state index contributed by atoms with van der Waals surface area (Å²) in [6.07, 6.45) is 0. The molecule has 1 atom stereocenters. The number of para-hydroxylation sites is 1. The van der Waals surface area contributed by atoms with Crippen LogP contribution in [-0.4, -0.2) is 22.7 Å². The Bertz CT molecular complexity index is 742. The number of rotatable bonds is 4. The van der Waals surface area contributed by atoms with Crippen LogP contribution in [-0.2, 0) is 9.53 Å². The molecule has 0 radical (unpaired) electrons. The zero-order valence-corrected chi connectivity index (χ0v) is 11.7. The number of aromatic nitrogens is 2. The van der Waals surface area contributed by atoms with Gasteiger partial charge in [0.25, 0.3) is 0 Å². The molecule has 6 nitrogen and oxygen atoms in total. The number of carbonyl (C=O) groups excluding carboxylic acids is 1. The van der Waals surface area contributed by atoms with Gasteiger partial charge in [0.2, 0.25) is 11.7 Å². The molecule has 0 aliphatic rings. The molecule has 0 aliphatic carbocycles. The van der Waals surface area contributed by atoms with Crippen molar-refractivity contribution in [3.8, 4) is 11.6 Å². The van der Waals surface area contributed by atoms with E-state index >= 15 is 0 Å². The maximum atomic E-state index is 11.7. The molecule has 0 bridgehead atoms. The van der Waals surface area contributed by atoms with Crippen LogP contribution in [0.2, 0.25) is 0 Å². The third kappa shape index (κ3) is 2.52. The number of esters is 1. The zero-order valence-electron chi connectivity index (χ0n) is 11.7. The SMILES string of the molecule is CCOC(=O)C(C)c1nc(-c2cc3ccccc3o2)no1. The van der Waals surface area contributed by atoms with Crippen molar-refractivity contribution in [2.24, 2.45) is 0 Å². The minimum absolute atomic E-state index is 0.212. The molecule has 0 amide bonds. The number of fused-ring (bicyclic) bond motifs is 1. The molecule has 108 valence electrons. The molecule has 2 aromatic heterocycles. The summed E-state index contributed by atoms with van der Waals surface area (Å²) in [5.74, 6) is 0.0383. The Morgan fingerprint density at radius 3 is 2.95 bits per heavy atom. The highest BCUT2D eigenvalue weighted by molar-refractivity contribution is 5.81. The number of ether oxygens (including phenoxy) is 1. The van der Waals surface area contributed by atoms with E-state index in [9.17, 15) is 4.79 Å². The molecule has 0 N–H and O–H groups in total. The van der Waals surface area contributed by atoms with Gasteiger partial charge in [-0.15, -0.1) is 0 Å². The van der Waals surface area contributed by atoms with Gasteiger partial charge in [-0.25, -0.2) is 0 Å². The summed E-state index contributed by atoms with van der Waals surface area (Å²) in [5.41, 5.74) is 0.747. The quantitative estimate of drug-likeness (QED) is 0.685. The molecule has 0 aliphatic heterocycles. The summed E-state index contributed by atoms with van der Waals surface area (Å²) in [6, 6.07) is 9.44. The Balaban J connectivity index is 1.89. The van der Waals surface area contributed by atoms with Crippen LogP contribution in [0.15, 0.2) is 39.3 Å². The number of carbonyl (C=O) groups is 1. The Morgan fingerprint density at radius 1 is 1.38 bits per heavy atom. The van der Waals surface area contributed by atoms with E-state index in [1.54, 1.807) is 13.8 Å². The van der Waals surface area contributed by atoms with E-state index in [1.165, 1.54) is 0 Å². The summed E-state index contributed by atoms with van der Waals surface area (Å²) < 4.78 is 15.7. The van der Waals surface area contributed by atoms with Crippen LogP contribution in [0.5, 0.6) is 0 Å². The van der Waals surface area contributed by atoms with Gasteiger partial charge < -0.3 is 13.7 Å². The molecule has 6 heteroatoms. The highest BCUT2D eigenvalue weighted by Crippen LogP contribution is 2.27. The van der Waals surface area contributed by atoms with Crippen LogP contribution in [0, 0.1) is 0 Å². The maximum Gasteiger partial charge on any atom is 0.318 e. The molecule has 0 spiro atoms. The molecule has 3 aromatic rings. The van der Waals surface area contributed by atoms with Crippen LogP contribution in [0.1, 0.15) is 25.7 Å². The van der Waals surface area contributed by atoms with Crippen molar-refractivity contribution in [1.29, 1.82) is 0 Å². The second-order valence-electron chi connectivity index (χ2n) is 4.58. The van der Waals surface area contributed by atoms with Crippen molar-refractivity contribution in [1.82, 2.24) is 10.1 Å². The lowest BCUT2D eigenvalue weighted by Gasteiger charge is -2.04. The van der Waals surface area contributed by atoms with Gasteiger partial charge in [0, 0.05) is 5.39 Å². The van der Waals surface area contributed by atoms with Gasteiger partial charge >= 0.3 is 5.97 Å². The van der Waals surface area contributed by atoms with Gasteiger partial charge in [-0.05, 0) is 26.0 Å². The molecule has 0 saturated carbocycles. The Kier molecular flexibility index (Phi) is 3.43. The van der Waals surface area contributed by atoms with E-state index in [-0.39, 0.29) is 5.89 Å². The molecule has 0 saturated heterocycles. The molecule has 1 unspecified atom stereocenters. The highest BCUT2D eigenvalue weighted by atomic mass is 16.5. The average molecular weight is 286 g/mol. The van der Waals surface area contributed by atoms with Gasteiger partial charge in [-0.2, -0.15) is 4.98 Å². The van der Waals surface area contributed by atoms with Gasteiger partial charge in [-0.1, -0.05) is 23.4 Å². The normalized spacial score (nSPS) is 12.5. The van der Waals surface area contributed by atoms with Crippen molar-refractivity contribution in [3.05, 3.63) is 36.2 Å². The van der Waals surface area contributed by atoms with Crippen molar-refractivity contribution >= 4 is 16.9 Å². The molecule has 2 heterocycles. The van der Waals surface area contributed by atoms with Crippen LogP contribution in [0.3, 0.4) is 0 Å². The lowest BCUT2D eigenvalue weighted by Crippen LogP contribution is -2.13. The van der Waals surface area contributed by atoms with Crippen LogP contribution in [0.4, 0.5) is 0 Å². The second-order valence-corrected chi connectivity index (χ2v) is 4.58. The average Bonchev–Trinajstić information content (AvgIpc) is 3.13. The van der Waals surface area contributed by atoms with Gasteiger partial charge in [-0.3, -0.25) is 4.79 Å². The van der Waals surface area contributed by atoms with Crippen LogP contribution in [0.25, 0.3) is 22.6 Å². The first-order valence-electron chi connectivity index (χ1n) is 6.68. The predicted octanol–water partition coefficient (Wildman–Crippen LogP) is 3.15. The number of furan rings is 1. The van der Waals surface area contributed by atoms with Gasteiger partial charge in [0.15, 0.2) is 5.76 Å². The molecule has 1 aromatic carbocycles. The van der Waals surface area contributed by atoms with Crippen LogP contribution < -0.4 is 0 Å². The van der Waals surface area contributed by atoms with E-state index in [0.29, 0.717) is 18.2 Å². The number of benzene rings is 1. The lowest BCUT2D eigenvalue weighted by molar-refractivity contribution is -0.145. The Morgan fingerprint density at radius 2 is 2.19 bits per heavy atom. The first-order valence-corrected chi connectivity index (χ1v) is 6.68. The second kappa shape index (κ2) is 5.40. The maximum absolute atomic E-state index is 11.7. The molecule has 21 heavy (non-hydrogen) atoms. The number of hydrogen-bond acceptors (Lipinski definition) is 6.